The molecule has 0 saturated carbocycles. The van der Waals surface area contributed by atoms with Crippen molar-refractivity contribution in [2.24, 2.45) is 0 Å². The molecule has 0 radical (unpaired) electrons. The Kier molecular flexibility index (Phi) is 3.78. The van der Waals surface area contributed by atoms with Crippen LogP contribution in [0.3, 0.4) is 0 Å². The lowest BCUT2D eigenvalue weighted by Crippen LogP contribution is -2.23. The second-order valence-corrected chi connectivity index (χ2v) is 3.67. The van der Waals surface area contributed by atoms with Crippen LogP contribution in [0, 0.1) is 13.8 Å². The van der Waals surface area contributed by atoms with Crippen LogP contribution >= 0.6 is 0 Å². The van der Waals surface area contributed by atoms with E-state index in [2.05, 4.69) is 15.5 Å². The summed E-state index contributed by atoms with van der Waals surface area (Å²) >= 11 is 0. The van der Waals surface area contributed by atoms with Crippen molar-refractivity contribution in [1.29, 1.82) is 0 Å². The van der Waals surface area contributed by atoms with Gasteiger partial charge < -0.3 is 15.5 Å². The highest BCUT2D eigenvalue weighted by Gasteiger charge is 2.18. The maximum Gasteiger partial charge on any atom is 0.339 e. The zero-order valence-corrected chi connectivity index (χ0v) is 9.48. The monoisotopic (exact) mass is 225 g/mol. The van der Waals surface area contributed by atoms with E-state index in [1.165, 1.54) is 0 Å². The maximum atomic E-state index is 11.1. The van der Waals surface area contributed by atoms with E-state index in [0.29, 0.717) is 11.3 Å². The molecule has 88 valence electrons. The van der Waals surface area contributed by atoms with Gasteiger partial charge in [-0.15, -0.1) is 5.10 Å². The van der Waals surface area contributed by atoms with Crippen LogP contribution < -0.4 is 5.32 Å². The molecule has 0 spiro atoms. The highest BCUT2D eigenvalue weighted by atomic mass is 16.4. The van der Waals surface area contributed by atoms with Gasteiger partial charge in [-0.25, -0.2) is 4.79 Å². The summed E-state index contributed by atoms with van der Waals surface area (Å²) in [5, 5.41) is 28.4. The van der Waals surface area contributed by atoms with Crippen molar-refractivity contribution in [2.75, 3.05) is 11.9 Å². The SMILES string of the molecule is Cc1nnc(NC(C)CO)c(C(=O)O)c1C. The summed E-state index contributed by atoms with van der Waals surface area (Å²) in [6.07, 6.45) is 0. The largest absolute Gasteiger partial charge is 0.478 e. The number of carboxylic acid groups (broad SMARTS) is 1. The van der Waals surface area contributed by atoms with Gasteiger partial charge in [0.05, 0.1) is 12.3 Å². The number of aliphatic hydroxyl groups is 1. The molecular weight excluding hydrogens is 210 g/mol. The summed E-state index contributed by atoms with van der Waals surface area (Å²) in [5.74, 6) is -0.861. The smallest absolute Gasteiger partial charge is 0.339 e. The first-order chi connectivity index (χ1) is 7.47. The quantitative estimate of drug-likeness (QED) is 0.694. The molecule has 1 unspecified atom stereocenters. The van der Waals surface area contributed by atoms with Crippen LogP contribution in [0.15, 0.2) is 0 Å². The van der Waals surface area contributed by atoms with Crippen molar-refractivity contribution in [3.8, 4) is 0 Å². The normalized spacial score (nSPS) is 12.2. The highest BCUT2D eigenvalue weighted by molar-refractivity contribution is 5.94. The number of nitrogens with one attached hydrogen (secondary N) is 1. The minimum Gasteiger partial charge on any atom is -0.478 e. The lowest BCUT2D eigenvalue weighted by atomic mass is 10.1. The molecule has 0 aliphatic carbocycles. The lowest BCUT2D eigenvalue weighted by Gasteiger charge is -2.14. The third-order valence-corrected chi connectivity index (χ3v) is 2.33. The van der Waals surface area contributed by atoms with Gasteiger partial charge in [-0.2, -0.15) is 5.10 Å². The molecule has 0 fully saturated rings. The van der Waals surface area contributed by atoms with Crippen molar-refractivity contribution < 1.29 is 15.0 Å². The number of aliphatic hydroxyl groups excluding tert-OH is 1. The van der Waals surface area contributed by atoms with Crippen molar-refractivity contribution in [3.05, 3.63) is 16.8 Å². The van der Waals surface area contributed by atoms with Gasteiger partial charge in [-0.1, -0.05) is 0 Å². The summed E-state index contributed by atoms with van der Waals surface area (Å²) < 4.78 is 0. The van der Waals surface area contributed by atoms with Gasteiger partial charge in [0.15, 0.2) is 5.82 Å². The Bertz CT molecular complexity index is 407. The van der Waals surface area contributed by atoms with Crippen molar-refractivity contribution in [3.63, 3.8) is 0 Å². The summed E-state index contributed by atoms with van der Waals surface area (Å²) in [6, 6.07) is -0.269. The summed E-state index contributed by atoms with van der Waals surface area (Å²) in [7, 11) is 0. The van der Waals surface area contributed by atoms with Gasteiger partial charge in [0.25, 0.3) is 0 Å². The third kappa shape index (κ3) is 2.46. The molecule has 16 heavy (non-hydrogen) atoms. The first kappa shape index (κ1) is 12.4. The number of carboxylic acids is 1. The van der Waals surface area contributed by atoms with Gasteiger partial charge in [-0.3, -0.25) is 0 Å². The fourth-order valence-electron chi connectivity index (χ4n) is 1.25. The molecule has 1 heterocycles. The molecule has 1 aromatic rings. The third-order valence-electron chi connectivity index (χ3n) is 2.33. The minimum absolute atomic E-state index is 0.104. The molecule has 0 aliphatic rings. The molecule has 0 aliphatic heterocycles. The predicted molar refractivity (Wildman–Crippen MR) is 58.6 cm³/mol. The Labute approximate surface area is 93.3 Å². The number of hydrogen-bond acceptors (Lipinski definition) is 5. The Balaban J connectivity index is 3.18. The lowest BCUT2D eigenvalue weighted by molar-refractivity contribution is 0.0696. The second kappa shape index (κ2) is 4.89. The number of carbonyl (C=O) groups is 1. The number of anilines is 1. The molecule has 1 aromatic heterocycles. The van der Waals surface area contributed by atoms with Gasteiger partial charge >= 0.3 is 5.97 Å². The topological polar surface area (TPSA) is 95.3 Å². The first-order valence-electron chi connectivity index (χ1n) is 4.92. The minimum atomic E-state index is -1.05. The molecule has 0 bridgehead atoms. The van der Waals surface area contributed by atoms with Crippen molar-refractivity contribution in [2.45, 2.75) is 26.8 Å². The predicted octanol–water partition coefficient (Wildman–Crippen LogP) is 0.584. The van der Waals surface area contributed by atoms with E-state index in [0.717, 1.165) is 0 Å². The number of aromatic carboxylic acids is 1. The summed E-state index contributed by atoms with van der Waals surface area (Å²) in [4.78, 5) is 11.1. The van der Waals surface area contributed by atoms with Crippen molar-refractivity contribution in [1.82, 2.24) is 10.2 Å². The molecule has 0 saturated heterocycles. The average molecular weight is 225 g/mol. The molecule has 6 heteroatoms. The summed E-state index contributed by atoms with van der Waals surface area (Å²) in [5.41, 5.74) is 1.27. The first-order valence-corrected chi connectivity index (χ1v) is 4.92. The van der Waals surface area contributed by atoms with Gasteiger partial charge in [-0.05, 0) is 26.3 Å². The van der Waals surface area contributed by atoms with Gasteiger partial charge in [0, 0.05) is 6.04 Å². The van der Waals surface area contributed by atoms with Crippen LogP contribution in [0.4, 0.5) is 5.82 Å². The Morgan fingerprint density at radius 3 is 2.56 bits per heavy atom. The molecule has 1 rings (SSSR count). The molecule has 0 aromatic carbocycles. The van der Waals surface area contributed by atoms with Crippen LogP contribution in [0.25, 0.3) is 0 Å². The molecule has 1 atom stereocenters. The zero-order valence-electron chi connectivity index (χ0n) is 9.48. The second-order valence-electron chi connectivity index (χ2n) is 3.67. The van der Waals surface area contributed by atoms with Crippen molar-refractivity contribution >= 4 is 11.8 Å². The summed E-state index contributed by atoms with van der Waals surface area (Å²) in [6.45, 7) is 5.01. The number of aryl methyl sites for hydroxylation is 1. The molecule has 3 N–H and O–H groups in total. The zero-order chi connectivity index (χ0) is 12.3. The number of hydrogen-bond donors (Lipinski definition) is 3. The van der Waals surface area contributed by atoms with Crippen LogP contribution in [-0.4, -0.2) is 39.0 Å². The maximum absolute atomic E-state index is 11.1. The Morgan fingerprint density at radius 1 is 1.44 bits per heavy atom. The molecular formula is C10H15N3O3. The van der Waals surface area contributed by atoms with E-state index in [4.69, 9.17) is 10.2 Å². The van der Waals surface area contributed by atoms with Gasteiger partial charge in [0.2, 0.25) is 0 Å². The highest BCUT2D eigenvalue weighted by Crippen LogP contribution is 2.18. The standard InChI is InChI=1S/C10H15N3O3/c1-5(4-14)11-9-8(10(15)16)6(2)7(3)12-13-9/h5,14H,4H2,1-3H3,(H,11,13)(H,15,16). The van der Waals surface area contributed by atoms with Gasteiger partial charge in [0.1, 0.15) is 5.56 Å². The Hall–Kier alpha value is -1.69. The number of nitrogens with zero attached hydrogens (tertiary/aromatic N) is 2. The number of rotatable bonds is 4. The average Bonchev–Trinajstić information content (AvgIpc) is 2.23. The van der Waals surface area contributed by atoms with Crippen LogP contribution in [0.1, 0.15) is 28.5 Å². The van der Waals surface area contributed by atoms with E-state index >= 15 is 0 Å². The fourth-order valence-corrected chi connectivity index (χ4v) is 1.25. The van der Waals surface area contributed by atoms with E-state index < -0.39 is 5.97 Å². The molecule has 0 amide bonds. The molecule has 6 nitrogen and oxygen atoms in total. The van der Waals surface area contributed by atoms with Crippen LogP contribution in [-0.2, 0) is 0 Å². The fraction of sp³-hybridized carbons (Fsp3) is 0.500. The van der Waals surface area contributed by atoms with E-state index in [1.54, 1.807) is 20.8 Å². The van der Waals surface area contributed by atoms with E-state index in [-0.39, 0.29) is 24.0 Å². The van der Waals surface area contributed by atoms with Crippen LogP contribution in [0.5, 0.6) is 0 Å². The number of aromatic nitrogens is 2. The van der Waals surface area contributed by atoms with Crippen LogP contribution in [0.2, 0.25) is 0 Å². The Morgan fingerprint density at radius 2 is 2.06 bits per heavy atom. The van der Waals surface area contributed by atoms with E-state index in [9.17, 15) is 4.79 Å². The van der Waals surface area contributed by atoms with E-state index in [1.807, 2.05) is 0 Å².